The topological polar surface area (TPSA) is 116 Å². The zero-order valence-electron chi connectivity index (χ0n) is 20.3. The molecule has 1 unspecified atom stereocenters. The van der Waals surface area contributed by atoms with Crippen LogP contribution in [-0.2, 0) is 14.4 Å². The first-order valence-electron chi connectivity index (χ1n) is 12.9. The van der Waals surface area contributed by atoms with Crippen molar-refractivity contribution in [1.82, 2.24) is 10.6 Å². The molecule has 32 heavy (non-hydrogen) atoms. The van der Waals surface area contributed by atoms with E-state index >= 15 is 0 Å². The van der Waals surface area contributed by atoms with Crippen LogP contribution in [0.5, 0.6) is 0 Å². The summed E-state index contributed by atoms with van der Waals surface area (Å²) in [5.41, 5.74) is 0. The molecule has 0 fully saturated rings. The number of carboxylic acid groups (broad SMARTS) is 2. The first-order chi connectivity index (χ1) is 15.5. The first-order valence-corrected chi connectivity index (χ1v) is 12.9. The van der Waals surface area contributed by atoms with Gasteiger partial charge in [-0.3, -0.25) is 9.59 Å². The number of nitrogens with one attached hydrogen (secondary N) is 2. The third kappa shape index (κ3) is 21.6. The summed E-state index contributed by atoms with van der Waals surface area (Å²) in [6.07, 6.45) is 18.9. The molecule has 1 atom stereocenters. The lowest BCUT2D eigenvalue weighted by atomic mass is 10.0. The van der Waals surface area contributed by atoms with Gasteiger partial charge in [0, 0.05) is 12.8 Å². The second-order valence-corrected chi connectivity index (χ2v) is 8.90. The number of amides is 1. The van der Waals surface area contributed by atoms with Crippen LogP contribution in [0.2, 0.25) is 0 Å². The molecule has 0 saturated carbocycles. The van der Waals surface area contributed by atoms with E-state index in [9.17, 15) is 19.5 Å². The van der Waals surface area contributed by atoms with Crippen molar-refractivity contribution in [3.05, 3.63) is 0 Å². The van der Waals surface area contributed by atoms with Gasteiger partial charge in [0.05, 0.1) is 0 Å². The van der Waals surface area contributed by atoms with Gasteiger partial charge in [-0.15, -0.1) is 0 Å². The van der Waals surface area contributed by atoms with E-state index in [-0.39, 0.29) is 5.91 Å². The zero-order valence-corrected chi connectivity index (χ0v) is 20.3. The van der Waals surface area contributed by atoms with Crippen LogP contribution in [0, 0.1) is 0 Å². The van der Waals surface area contributed by atoms with Crippen molar-refractivity contribution < 1.29 is 24.6 Å². The van der Waals surface area contributed by atoms with Gasteiger partial charge >= 0.3 is 11.9 Å². The molecule has 0 bridgehead atoms. The fourth-order valence-corrected chi connectivity index (χ4v) is 3.86. The SMILES string of the molecule is CNCCCCC(NC(=O)CCCCCCCCCCCCCCCCC(=O)O)C(=O)O. The molecule has 0 rings (SSSR count). The lowest BCUT2D eigenvalue weighted by Gasteiger charge is -2.14. The van der Waals surface area contributed by atoms with Crippen LogP contribution < -0.4 is 10.6 Å². The van der Waals surface area contributed by atoms with E-state index in [2.05, 4.69) is 10.6 Å². The molecular formula is C25H48N2O5. The average molecular weight is 457 g/mol. The standard InChI is InChI=1S/C25H48N2O5/c1-26-21-17-16-18-22(25(31)32)27-23(28)19-14-12-10-8-6-4-2-3-5-7-9-11-13-15-20-24(29)30/h22,26H,2-21H2,1H3,(H,27,28)(H,29,30)(H,31,32). The Kier molecular flexibility index (Phi) is 21.4. The Balaban J connectivity index is 3.43. The lowest BCUT2D eigenvalue weighted by molar-refractivity contribution is -0.142. The number of hydrogen-bond donors (Lipinski definition) is 4. The zero-order chi connectivity index (χ0) is 23.9. The highest BCUT2D eigenvalue weighted by Crippen LogP contribution is 2.14. The summed E-state index contributed by atoms with van der Waals surface area (Å²) in [6, 6.07) is -0.767. The molecule has 0 aliphatic heterocycles. The number of carbonyl (C=O) groups is 3. The third-order valence-corrected chi connectivity index (χ3v) is 5.85. The van der Waals surface area contributed by atoms with E-state index in [1.165, 1.54) is 51.4 Å². The normalized spacial score (nSPS) is 11.9. The van der Waals surface area contributed by atoms with Crippen molar-refractivity contribution in [3.63, 3.8) is 0 Å². The van der Waals surface area contributed by atoms with Gasteiger partial charge in [0.1, 0.15) is 6.04 Å². The molecule has 7 heteroatoms. The van der Waals surface area contributed by atoms with Crippen LogP contribution in [0.4, 0.5) is 0 Å². The monoisotopic (exact) mass is 456 g/mol. The minimum Gasteiger partial charge on any atom is -0.481 e. The second-order valence-electron chi connectivity index (χ2n) is 8.90. The van der Waals surface area contributed by atoms with E-state index in [4.69, 9.17) is 5.11 Å². The number of hydrogen-bond acceptors (Lipinski definition) is 4. The fraction of sp³-hybridized carbons (Fsp3) is 0.880. The quantitative estimate of drug-likeness (QED) is 0.147. The van der Waals surface area contributed by atoms with Gasteiger partial charge < -0.3 is 20.8 Å². The van der Waals surface area contributed by atoms with Crippen LogP contribution >= 0.6 is 0 Å². The molecule has 1 amide bonds. The number of aliphatic carboxylic acids is 2. The second kappa shape index (κ2) is 22.6. The Labute approximate surface area is 195 Å². The first kappa shape index (κ1) is 30.4. The highest BCUT2D eigenvalue weighted by Gasteiger charge is 2.18. The molecule has 7 nitrogen and oxygen atoms in total. The van der Waals surface area contributed by atoms with Gasteiger partial charge in [0.15, 0.2) is 0 Å². The van der Waals surface area contributed by atoms with E-state index < -0.39 is 18.0 Å². The van der Waals surface area contributed by atoms with Gasteiger partial charge in [0.25, 0.3) is 0 Å². The molecule has 0 heterocycles. The van der Waals surface area contributed by atoms with Gasteiger partial charge in [0.2, 0.25) is 5.91 Å². The summed E-state index contributed by atoms with van der Waals surface area (Å²) >= 11 is 0. The van der Waals surface area contributed by atoms with Crippen molar-refractivity contribution in [2.45, 2.75) is 128 Å². The molecule has 0 aromatic carbocycles. The smallest absolute Gasteiger partial charge is 0.326 e. The minimum absolute atomic E-state index is 0.145. The number of rotatable bonds is 24. The molecular weight excluding hydrogens is 408 g/mol. The summed E-state index contributed by atoms with van der Waals surface area (Å²) in [4.78, 5) is 33.7. The third-order valence-electron chi connectivity index (χ3n) is 5.85. The maximum atomic E-state index is 12.0. The van der Waals surface area contributed by atoms with Crippen molar-refractivity contribution in [2.75, 3.05) is 13.6 Å². The molecule has 188 valence electrons. The Morgan fingerprint density at radius 3 is 1.47 bits per heavy atom. The Morgan fingerprint density at radius 2 is 1.06 bits per heavy atom. The fourth-order valence-electron chi connectivity index (χ4n) is 3.86. The average Bonchev–Trinajstić information content (AvgIpc) is 2.75. The summed E-state index contributed by atoms with van der Waals surface area (Å²) in [5.74, 6) is -1.78. The van der Waals surface area contributed by atoms with E-state index in [0.717, 1.165) is 57.9 Å². The molecule has 0 aromatic heterocycles. The largest absolute Gasteiger partial charge is 0.481 e. The maximum Gasteiger partial charge on any atom is 0.326 e. The summed E-state index contributed by atoms with van der Waals surface area (Å²) in [7, 11) is 1.87. The van der Waals surface area contributed by atoms with Crippen LogP contribution in [0.1, 0.15) is 122 Å². The molecule has 4 N–H and O–H groups in total. The van der Waals surface area contributed by atoms with Gasteiger partial charge in [-0.1, -0.05) is 77.0 Å². The van der Waals surface area contributed by atoms with E-state index in [1.54, 1.807) is 0 Å². The predicted molar refractivity (Wildman–Crippen MR) is 129 cm³/mol. The Morgan fingerprint density at radius 1 is 0.625 bits per heavy atom. The molecule has 0 aliphatic rings. The minimum atomic E-state index is -0.946. The van der Waals surface area contributed by atoms with Crippen molar-refractivity contribution in [2.24, 2.45) is 0 Å². The molecule has 0 aromatic rings. The number of unbranched alkanes of at least 4 members (excludes halogenated alkanes) is 14. The van der Waals surface area contributed by atoms with Crippen molar-refractivity contribution in [1.29, 1.82) is 0 Å². The van der Waals surface area contributed by atoms with Crippen LogP contribution in [-0.4, -0.2) is 47.7 Å². The Hall–Kier alpha value is -1.63. The highest BCUT2D eigenvalue weighted by molar-refractivity contribution is 5.83. The Bertz CT molecular complexity index is 485. The number of carbonyl (C=O) groups excluding carboxylic acids is 1. The number of carboxylic acids is 2. The summed E-state index contributed by atoms with van der Waals surface area (Å²) in [5, 5.41) is 23.5. The molecule has 0 radical (unpaired) electrons. The van der Waals surface area contributed by atoms with Crippen molar-refractivity contribution >= 4 is 17.8 Å². The summed E-state index contributed by atoms with van der Waals surface area (Å²) < 4.78 is 0. The van der Waals surface area contributed by atoms with E-state index in [1.807, 2.05) is 7.05 Å². The molecule has 0 aliphatic carbocycles. The predicted octanol–water partition coefficient (Wildman–Crippen LogP) is 5.27. The molecule has 0 saturated heterocycles. The summed E-state index contributed by atoms with van der Waals surface area (Å²) in [6.45, 7) is 0.859. The van der Waals surface area contributed by atoms with Gasteiger partial charge in [-0.25, -0.2) is 4.79 Å². The van der Waals surface area contributed by atoms with E-state index in [0.29, 0.717) is 19.3 Å². The highest BCUT2D eigenvalue weighted by atomic mass is 16.4. The van der Waals surface area contributed by atoms with Crippen LogP contribution in [0.15, 0.2) is 0 Å². The van der Waals surface area contributed by atoms with Crippen molar-refractivity contribution in [3.8, 4) is 0 Å². The van der Waals surface area contributed by atoms with Gasteiger partial charge in [-0.2, -0.15) is 0 Å². The molecule has 0 spiro atoms. The van der Waals surface area contributed by atoms with Gasteiger partial charge in [-0.05, 0) is 45.7 Å². The van der Waals surface area contributed by atoms with Crippen LogP contribution in [0.25, 0.3) is 0 Å². The lowest BCUT2D eigenvalue weighted by Crippen LogP contribution is -2.40. The maximum absolute atomic E-state index is 12.0. The van der Waals surface area contributed by atoms with Crippen LogP contribution in [0.3, 0.4) is 0 Å².